The van der Waals surface area contributed by atoms with Crippen LogP contribution >= 0.6 is 23.2 Å². The van der Waals surface area contributed by atoms with Crippen LogP contribution in [0.2, 0.25) is 10.0 Å². The smallest absolute Gasteiger partial charge is 0.225 e. The number of nitrogen functional groups attached to an aromatic ring is 1. The van der Waals surface area contributed by atoms with E-state index in [9.17, 15) is 0 Å². The van der Waals surface area contributed by atoms with Crippen LogP contribution in [0.5, 0.6) is 11.5 Å². The molecule has 5 N–H and O–H groups in total. The molecule has 1 aromatic carbocycles. The molecule has 35 heavy (non-hydrogen) atoms. The molecule has 1 aliphatic rings. The minimum Gasteiger partial charge on any atom is -0.493 e. The first kappa shape index (κ1) is 24.5. The molecule has 4 rings (SSSR count). The van der Waals surface area contributed by atoms with Crippen LogP contribution in [0.4, 0.5) is 11.6 Å². The third-order valence-electron chi connectivity index (χ3n) is 5.69. The minimum atomic E-state index is -1.03. The highest BCUT2D eigenvalue weighted by atomic mass is 35.5. The number of rotatable bonds is 8. The molecule has 10 nitrogen and oxygen atoms in total. The van der Waals surface area contributed by atoms with E-state index in [1.807, 2.05) is 4.90 Å². The Morgan fingerprint density at radius 2 is 1.91 bits per heavy atom. The minimum absolute atomic E-state index is 0.0901. The van der Waals surface area contributed by atoms with Crippen LogP contribution in [0.1, 0.15) is 35.8 Å². The third-order valence-corrected chi connectivity index (χ3v) is 6.29. The molecule has 1 aliphatic heterocycles. The van der Waals surface area contributed by atoms with Gasteiger partial charge in [-0.1, -0.05) is 23.2 Å². The van der Waals surface area contributed by atoms with Crippen molar-refractivity contribution in [3.8, 4) is 17.6 Å². The van der Waals surface area contributed by atoms with Gasteiger partial charge in [-0.05, 0) is 12.5 Å². The Morgan fingerprint density at radius 3 is 2.49 bits per heavy atom. The maximum Gasteiger partial charge on any atom is 0.225 e. The van der Waals surface area contributed by atoms with Crippen LogP contribution in [0.25, 0.3) is 0 Å². The van der Waals surface area contributed by atoms with Crippen molar-refractivity contribution in [1.82, 2.24) is 15.0 Å². The summed E-state index contributed by atoms with van der Waals surface area (Å²) in [6, 6.07) is 5.40. The average molecular weight is 513 g/mol. The molecule has 0 radical (unpaired) electrons. The van der Waals surface area contributed by atoms with E-state index in [2.05, 4.69) is 21.0 Å². The normalized spacial score (nSPS) is 15.6. The fraction of sp³-hybridized carbons (Fsp3) is 0.261. The van der Waals surface area contributed by atoms with E-state index in [0.29, 0.717) is 40.5 Å². The molecular formula is C23H22Cl2N8O2. The molecule has 0 bridgehead atoms. The van der Waals surface area contributed by atoms with Crippen molar-refractivity contribution < 1.29 is 9.47 Å². The largest absolute Gasteiger partial charge is 0.493 e. The SMILES string of the molecule is COc1cc(N)c(C(=N)c2cnc(N3CC[C@H]3CC#N)nc2)cc1O[C@H](N)c1c(Cl)cncc1Cl. The Morgan fingerprint density at radius 1 is 1.23 bits per heavy atom. The summed E-state index contributed by atoms with van der Waals surface area (Å²) in [4.78, 5) is 14.7. The summed E-state index contributed by atoms with van der Waals surface area (Å²) in [5, 5.41) is 18.1. The maximum atomic E-state index is 8.94. The maximum absolute atomic E-state index is 8.94. The van der Waals surface area contributed by atoms with Gasteiger partial charge in [-0.2, -0.15) is 5.26 Å². The van der Waals surface area contributed by atoms with E-state index in [4.69, 9.17) is 54.8 Å². The summed E-state index contributed by atoms with van der Waals surface area (Å²) in [6.45, 7) is 0.793. The highest BCUT2D eigenvalue weighted by Crippen LogP contribution is 2.37. The topological polar surface area (TPSA) is 160 Å². The van der Waals surface area contributed by atoms with Crippen molar-refractivity contribution in [2.24, 2.45) is 5.73 Å². The standard InChI is InChI=1S/C23H22Cl2N8O2/c1-34-18-7-17(27)14(6-19(18)35-22(29)20-15(24)10-30-11-16(20)25)21(28)12-8-31-23(32-9-12)33-5-3-13(33)2-4-26/h6-11,13,22,28H,2-3,5,27,29H2,1H3/t13-,22+/m1/s1. The molecule has 0 spiro atoms. The number of aromatic nitrogens is 3. The number of halogens is 2. The number of benzene rings is 1. The Labute approximate surface area is 211 Å². The summed E-state index contributed by atoms with van der Waals surface area (Å²) >= 11 is 12.4. The molecule has 12 heteroatoms. The number of nitrogens with zero attached hydrogens (tertiary/aromatic N) is 5. The molecule has 1 saturated heterocycles. The van der Waals surface area contributed by atoms with E-state index in [0.717, 1.165) is 13.0 Å². The predicted molar refractivity (Wildman–Crippen MR) is 133 cm³/mol. The number of hydrogen-bond donors (Lipinski definition) is 3. The molecule has 3 aromatic rings. The van der Waals surface area contributed by atoms with Gasteiger partial charge in [0.15, 0.2) is 17.7 Å². The Bertz CT molecular complexity index is 1280. The molecule has 180 valence electrons. The van der Waals surface area contributed by atoms with Crippen molar-refractivity contribution in [1.29, 1.82) is 10.7 Å². The lowest BCUT2D eigenvalue weighted by atomic mass is 10.0. The third kappa shape index (κ3) is 4.93. The quantitative estimate of drug-likeness (QED) is 0.232. The van der Waals surface area contributed by atoms with Crippen molar-refractivity contribution >= 4 is 40.5 Å². The van der Waals surface area contributed by atoms with E-state index in [-0.39, 0.29) is 27.5 Å². The first-order valence-corrected chi connectivity index (χ1v) is 11.3. The zero-order valence-electron chi connectivity index (χ0n) is 18.7. The van der Waals surface area contributed by atoms with Gasteiger partial charge in [-0.25, -0.2) is 9.97 Å². The summed E-state index contributed by atoms with van der Waals surface area (Å²) in [5.74, 6) is 1.09. The second kappa shape index (κ2) is 10.3. The van der Waals surface area contributed by atoms with Gasteiger partial charge < -0.3 is 20.1 Å². The van der Waals surface area contributed by atoms with Crippen molar-refractivity contribution in [2.75, 3.05) is 24.3 Å². The highest BCUT2D eigenvalue weighted by molar-refractivity contribution is 6.35. The zero-order valence-corrected chi connectivity index (χ0v) is 20.2. The van der Waals surface area contributed by atoms with Crippen molar-refractivity contribution in [2.45, 2.75) is 25.1 Å². The number of ether oxygens (including phenoxy) is 2. The van der Waals surface area contributed by atoms with Crippen LogP contribution in [-0.2, 0) is 0 Å². The monoisotopic (exact) mass is 512 g/mol. The van der Waals surface area contributed by atoms with Crippen LogP contribution in [0, 0.1) is 16.7 Å². The molecule has 2 aromatic heterocycles. The fourth-order valence-corrected chi connectivity index (χ4v) is 4.29. The van der Waals surface area contributed by atoms with Crippen LogP contribution in [0.3, 0.4) is 0 Å². The molecule has 0 amide bonds. The second-order valence-corrected chi connectivity index (χ2v) is 8.60. The zero-order chi connectivity index (χ0) is 25.1. The number of methoxy groups -OCH3 is 1. The van der Waals surface area contributed by atoms with Crippen molar-refractivity contribution in [3.63, 3.8) is 0 Å². The van der Waals surface area contributed by atoms with Crippen LogP contribution < -0.4 is 25.8 Å². The molecule has 1 fully saturated rings. The van der Waals surface area contributed by atoms with Gasteiger partial charge in [0.25, 0.3) is 0 Å². The van der Waals surface area contributed by atoms with E-state index in [1.54, 1.807) is 24.5 Å². The van der Waals surface area contributed by atoms with Gasteiger partial charge in [-0.3, -0.25) is 16.1 Å². The Hall–Kier alpha value is -3.65. The molecule has 0 aliphatic carbocycles. The lowest BCUT2D eigenvalue weighted by Gasteiger charge is -2.39. The summed E-state index contributed by atoms with van der Waals surface area (Å²) in [7, 11) is 1.46. The summed E-state index contributed by atoms with van der Waals surface area (Å²) < 4.78 is 11.3. The lowest BCUT2D eigenvalue weighted by Crippen LogP contribution is -2.48. The van der Waals surface area contributed by atoms with Gasteiger partial charge in [0.1, 0.15) is 0 Å². The van der Waals surface area contributed by atoms with Gasteiger partial charge in [0, 0.05) is 65.8 Å². The molecule has 3 heterocycles. The van der Waals surface area contributed by atoms with Gasteiger partial charge >= 0.3 is 0 Å². The number of anilines is 2. The fourth-order valence-electron chi connectivity index (χ4n) is 3.71. The number of pyridine rings is 1. The van der Waals surface area contributed by atoms with Gasteiger partial charge in [-0.15, -0.1) is 0 Å². The molecule has 2 atom stereocenters. The molecule has 0 unspecified atom stereocenters. The number of hydrogen-bond acceptors (Lipinski definition) is 10. The average Bonchev–Trinajstić information content (AvgIpc) is 2.82. The molecular weight excluding hydrogens is 491 g/mol. The first-order chi connectivity index (χ1) is 16.8. The van der Waals surface area contributed by atoms with Crippen molar-refractivity contribution in [3.05, 3.63) is 63.7 Å². The number of nitrogens with two attached hydrogens (primary N) is 2. The Balaban J connectivity index is 1.60. The van der Waals surface area contributed by atoms with Gasteiger partial charge in [0.05, 0.1) is 35.4 Å². The van der Waals surface area contributed by atoms with E-state index < -0.39 is 6.23 Å². The first-order valence-electron chi connectivity index (χ1n) is 10.6. The van der Waals surface area contributed by atoms with Crippen LogP contribution in [0.15, 0.2) is 36.9 Å². The van der Waals surface area contributed by atoms with E-state index in [1.165, 1.54) is 19.5 Å². The second-order valence-electron chi connectivity index (χ2n) is 7.79. The van der Waals surface area contributed by atoms with Gasteiger partial charge in [0.2, 0.25) is 5.95 Å². The summed E-state index contributed by atoms with van der Waals surface area (Å²) in [5.41, 5.74) is 14.0. The van der Waals surface area contributed by atoms with E-state index >= 15 is 0 Å². The number of nitriles is 1. The lowest BCUT2D eigenvalue weighted by molar-refractivity contribution is 0.204. The van der Waals surface area contributed by atoms with Crippen LogP contribution in [-0.4, -0.2) is 40.4 Å². The number of nitrogens with one attached hydrogen (secondary N) is 1. The molecule has 0 saturated carbocycles. The predicted octanol–water partition coefficient (Wildman–Crippen LogP) is 3.71. The summed E-state index contributed by atoms with van der Waals surface area (Å²) in [6.07, 6.45) is 6.26. The highest BCUT2D eigenvalue weighted by Gasteiger charge is 2.30. The Kier molecular flexibility index (Phi) is 7.21.